The van der Waals surface area contributed by atoms with E-state index in [2.05, 4.69) is 15.6 Å². The standard InChI is InChI=1S/C18H17N3O4S2/c1-3-27(24,25)14-6-4-5-12(9-14)17(23)21-18-20-15-8-7-13(19-11(2)22)10-16(15)26-18/h4-10H,3H2,1-2H3,(H,19,22)(H,20,21,23). The van der Waals surface area contributed by atoms with Crippen LogP contribution in [0.2, 0.25) is 0 Å². The second-order valence-corrected chi connectivity index (χ2v) is 9.08. The minimum Gasteiger partial charge on any atom is -0.326 e. The molecule has 0 bridgehead atoms. The molecule has 140 valence electrons. The summed E-state index contributed by atoms with van der Waals surface area (Å²) in [4.78, 5) is 28.1. The van der Waals surface area contributed by atoms with Gasteiger partial charge in [-0.15, -0.1) is 0 Å². The summed E-state index contributed by atoms with van der Waals surface area (Å²) in [5.74, 6) is -0.648. The van der Waals surface area contributed by atoms with Gasteiger partial charge in [0.25, 0.3) is 5.91 Å². The average Bonchev–Trinajstić information content (AvgIpc) is 3.02. The third-order valence-corrected chi connectivity index (χ3v) is 6.43. The van der Waals surface area contributed by atoms with Crippen molar-refractivity contribution < 1.29 is 18.0 Å². The zero-order chi connectivity index (χ0) is 19.6. The van der Waals surface area contributed by atoms with E-state index in [-0.39, 0.29) is 22.1 Å². The van der Waals surface area contributed by atoms with Crippen LogP contribution in [0.4, 0.5) is 10.8 Å². The van der Waals surface area contributed by atoms with Crippen molar-refractivity contribution in [1.82, 2.24) is 4.98 Å². The molecule has 2 amide bonds. The molecule has 0 spiro atoms. The lowest BCUT2D eigenvalue weighted by Gasteiger charge is -2.05. The molecule has 2 aromatic carbocycles. The van der Waals surface area contributed by atoms with Gasteiger partial charge in [-0.2, -0.15) is 0 Å². The Labute approximate surface area is 160 Å². The lowest BCUT2D eigenvalue weighted by atomic mass is 10.2. The monoisotopic (exact) mass is 403 g/mol. The minimum atomic E-state index is -3.39. The number of nitrogens with zero attached hydrogens (tertiary/aromatic N) is 1. The first-order chi connectivity index (χ1) is 12.8. The van der Waals surface area contributed by atoms with Crippen LogP contribution in [-0.4, -0.2) is 31.0 Å². The Bertz CT molecular complexity index is 1140. The van der Waals surface area contributed by atoms with Crippen LogP contribution in [0.1, 0.15) is 24.2 Å². The normalized spacial score (nSPS) is 11.3. The Kier molecular flexibility index (Phi) is 5.24. The van der Waals surface area contributed by atoms with E-state index >= 15 is 0 Å². The van der Waals surface area contributed by atoms with Crippen LogP contribution in [0, 0.1) is 0 Å². The predicted octanol–water partition coefficient (Wildman–Crippen LogP) is 3.30. The maximum absolute atomic E-state index is 12.5. The molecular weight excluding hydrogens is 386 g/mol. The molecule has 0 saturated heterocycles. The number of nitrogens with one attached hydrogen (secondary N) is 2. The molecule has 2 N–H and O–H groups in total. The number of anilines is 2. The Morgan fingerprint density at radius 3 is 2.59 bits per heavy atom. The summed E-state index contributed by atoms with van der Waals surface area (Å²) in [6.45, 7) is 2.98. The molecule has 3 rings (SSSR count). The van der Waals surface area contributed by atoms with Gasteiger partial charge >= 0.3 is 0 Å². The summed E-state index contributed by atoms with van der Waals surface area (Å²) >= 11 is 1.26. The van der Waals surface area contributed by atoms with Gasteiger partial charge in [0.1, 0.15) is 0 Å². The molecule has 7 nitrogen and oxygen atoms in total. The highest BCUT2D eigenvalue weighted by Gasteiger charge is 2.15. The predicted molar refractivity (Wildman–Crippen MR) is 106 cm³/mol. The van der Waals surface area contributed by atoms with Crippen LogP contribution in [0.15, 0.2) is 47.4 Å². The molecule has 0 aliphatic carbocycles. The maximum Gasteiger partial charge on any atom is 0.257 e. The smallest absolute Gasteiger partial charge is 0.257 e. The summed E-state index contributed by atoms with van der Waals surface area (Å²) < 4.78 is 24.8. The SMILES string of the molecule is CCS(=O)(=O)c1cccc(C(=O)Nc2nc3ccc(NC(C)=O)cc3s2)c1. The fourth-order valence-electron chi connectivity index (χ4n) is 2.43. The molecule has 27 heavy (non-hydrogen) atoms. The van der Waals surface area contributed by atoms with Crippen molar-refractivity contribution in [1.29, 1.82) is 0 Å². The van der Waals surface area contributed by atoms with Crippen LogP contribution in [0.3, 0.4) is 0 Å². The fourth-order valence-corrected chi connectivity index (χ4v) is 4.25. The van der Waals surface area contributed by atoms with Crippen molar-refractivity contribution in [3.63, 3.8) is 0 Å². The van der Waals surface area contributed by atoms with E-state index in [4.69, 9.17) is 0 Å². The number of hydrogen-bond donors (Lipinski definition) is 2. The number of benzene rings is 2. The molecule has 0 unspecified atom stereocenters. The van der Waals surface area contributed by atoms with Gasteiger partial charge in [0.2, 0.25) is 5.91 Å². The van der Waals surface area contributed by atoms with Crippen molar-refractivity contribution in [3.8, 4) is 0 Å². The Morgan fingerprint density at radius 1 is 1.11 bits per heavy atom. The van der Waals surface area contributed by atoms with Crippen molar-refractivity contribution in [3.05, 3.63) is 48.0 Å². The van der Waals surface area contributed by atoms with Crippen molar-refractivity contribution in [2.45, 2.75) is 18.7 Å². The molecule has 9 heteroatoms. The van der Waals surface area contributed by atoms with Gasteiger partial charge in [0, 0.05) is 18.2 Å². The van der Waals surface area contributed by atoms with Crippen LogP contribution < -0.4 is 10.6 Å². The average molecular weight is 403 g/mol. The summed E-state index contributed by atoms with van der Waals surface area (Å²) in [5, 5.41) is 5.77. The van der Waals surface area contributed by atoms with Crippen molar-refractivity contribution >= 4 is 54.0 Å². The minimum absolute atomic E-state index is 0.0351. The first-order valence-electron chi connectivity index (χ1n) is 8.11. The summed E-state index contributed by atoms with van der Waals surface area (Å²) in [6.07, 6.45) is 0. The zero-order valence-electron chi connectivity index (χ0n) is 14.6. The number of thiazole rings is 1. The van der Waals surface area contributed by atoms with Crippen molar-refractivity contribution in [2.75, 3.05) is 16.4 Å². The number of aromatic nitrogens is 1. The molecule has 3 aromatic rings. The summed E-state index contributed by atoms with van der Waals surface area (Å²) in [7, 11) is -3.39. The summed E-state index contributed by atoms with van der Waals surface area (Å²) in [5.41, 5.74) is 1.57. The van der Waals surface area contributed by atoms with Gasteiger partial charge in [0.05, 0.1) is 20.9 Å². The van der Waals surface area contributed by atoms with E-state index in [0.717, 1.165) is 4.70 Å². The number of carbonyl (C=O) groups is 2. The van der Waals surface area contributed by atoms with Gasteiger partial charge in [-0.1, -0.05) is 24.3 Å². The van der Waals surface area contributed by atoms with Gasteiger partial charge in [0.15, 0.2) is 15.0 Å². The third kappa shape index (κ3) is 4.32. The maximum atomic E-state index is 12.5. The van der Waals surface area contributed by atoms with E-state index < -0.39 is 15.7 Å². The molecular formula is C18H17N3O4S2. The Balaban J connectivity index is 1.84. The Hall–Kier alpha value is -2.78. The van der Waals surface area contributed by atoms with Gasteiger partial charge in [-0.05, 0) is 36.4 Å². The molecule has 0 aliphatic rings. The Morgan fingerprint density at radius 2 is 1.89 bits per heavy atom. The number of fused-ring (bicyclic) bond motifs is 1. The van der Waals surface area contributed by atoms with E-state index in [9.17, 15) is 18.0 Å². The van der Waals surface area contributed by atoms with Crippen LogP contribution in [0.25, 0.3) is 10.2 Å². The number of hydrogen-bond acceptors (Lipinski definition) is 6. The number of rotatable bonds is 5. The molecule has 0 aliphatic heterocycles. The fraction of sp³-hybridized carbons (Fsp3) is 0.167. The largest absolute Gasteiger partial charge is 0.326 e. The second-order valence-electron chi connectivity index (χ2n) is 5.77. The van der Waals surface area contributed by atoms with Gasteiger partial charge in [-0.3, -0.25) is 14.9 Å². The number of amides is 2. The third-order valence-electron chi connectivity index (χ3n) is 3.76. The van der Waals surface area contributed by atoms with Crippen LogP contribution in [0.5, 0.6) is 0 Å². The lowest BCUT2D eigenvalue weighted by Crippen LogP contribution is -2.13. The first-order valence-corrected chi connectivity index (χ1v) is 10.6. The van der Waals surface area contributed by atoms with Crippen LogP contribution >= 0.6 is 11.3 Å². The second kappa shape index (κ2) is 7.45. The number of carbonyl (C=O) groups excluding carboxylic acids is 2. The number of sulfone groups is 1. The lowest BCUT2D eigenvalue weighted by molar-refractivity contribution is -0.114. The van der Waals surface area contributed by atoms with E-state index in [1.807, 2.05) is 0 Å². The first kappa shape index (κ1) is 19.0. The van der Waals surface area contributed by atoms with E-state index in [0.29, 0.717) is 16.3 Å². The molecule has 1 aromatic heterocycles. The van der Waals surface area contributed by atoms with E-state index in [1.165, 1.54) is 36.5 Å². The summed E-state index contributed by atoms with van der Waals surface area (Å²) in [6, 6.07) is 11.2. The van der Waals surface area contributed by atoms with Crippen molar-refractivity contribution in [2.24, 2.45) is 0 Å². The zero-order valence-corrected chi connectivity index (χ0v) is 16.3. The van der Waals surface area contributed by atoms with Crippen LogP contribution in [-0.2, 0) is 14.6 Å². The molecule has 1 heterocycles. The molecule has 0 saturated carbocycles. The van der Waals surface area contributed by atoms with Gasteiger partial charge in [-0.25, -0.2) is 13.4 Å². The van der Waals surface area contributed by atoms with E-state index in [1.54, 1.807) is 31.2 Å². The topological polar surface area (TPSA) is 105 Å². The molecule has 0 fully saturated rings. The quantitative estimate of drug-likeness (QED) is 0.680. The molecule has 0 radical (unpaired) electrons. The van der Waals surface area contributed by atoms with Gasteiger partial charge < -0.3 is 5.32 Å². The highest BCUT2D eigenvalue weighted by molar-refractivity contribution is 7.91. The highest BCUT2D eigenvalue weighted by Crippen LogP contribution is 2.29. The molecule has 0 atom stereocenters. The highest BCUT2D eigenvalue weighted by atomic mass is 32.2.